The van der Waals surface area contributed by atoms with Gasteiger partial charge in [0.1, 0.15) is 22.7 Å². The van der Waals surface area contributed by atoms with Crippen LogP contribution in [0.1, 0.15) is 44.5 Å². The van der Waals surface area contributed by atoms with Crippen LogP contribution in [0.2, 0.25) is 0 Å². The van der Waals surface area contributed by atoms with Crippen molar-refractivity contribution in [2.45, 2.75) is 10.8 Å². The Labute approximate surface area is 412 Å². The Morgan fingerprint density at radius 2 is 0.845 bits per heavy atom. The molecule has 0 saturated heterocycles. The van der Waals surface area contributed by atoms with Crippen LogP contribution in [0.15, 0.2) is 265 Å². The van der Waals surface area contributed by atoms with Gasteiger partial charge in [0.05, 0.1) is 21.9 Å². The van der Waals surface area contributed by atoms with Gasteiger partial charge in [0.15, 0.2) is 0 Å². The zero-order chi connectivity index (χ0) is 46.7. The van der Waals surface area contributed by atoms with Crippen LogP contribution >= 0.6 is 0 Å². The van der Waals surface area contributed by atoms with Crippen molar-refractivity contribution in [3.63, 3.8) is 0 Å². The van der Waals surface area contributed by atoms with E-state index in [1.165, 1.54) is 55.6 Å². The highest BCUT2D eigenvalue weighted by molar-refractivity contribution is 6.14. The summed E-state index contributed by atoms with van der Waals surface area (Å²) in [6, 6.07) is 95.1. The molecule has 2 heterocycles. The smallest absolute Gasteiger partial charge is 0.137 e. The first-order valence-electron chi connectivity index (χ1n) is 24.5. The monoisotopic (exact) mass is 905 g/mol. The van der Waals surface area contributed by atoms with Gasteiger partial charge in [-0.1, -0.05) is 206 Å². The first-order chi connectivity index (χ1) is 35.2. The third kappa shape index (κ3) is 5.49. The van der Waals surface area contributed by atoms with Crippen molar-refractivity contribution in [3.8, 4) is 44.9 Å². The van der Waals surface area contributed by atoms with E-state index in [2.05, 4.69) is 266 Å². The van der Waals surface area contributed by atoms with E-state index in [1.54, 1.807) is 0 Å². The molecule has 0 N–H and O–H groups in total. The number of benzene rings is 11. The molecule has 0 fully saturated rings. The Balaban J connectivity index is 1.01. The van der Waals surface area contributed by atoms with Gasteiger partial charge < -0.3 is 14.1 Å². The average Bonchev–Trinajstić information content (AvgIpc) is 4.07. The minimum atomic E-state index is -0.590. The number of hydrogen-bond donors (Lipinski definition) is 0. The van der Waals surface area contributed by atoms with E-state index in [1.807, 2.05) is 0 Å². The molecule has 332 valence electrons. The van der Waals surface area contributed by atoms with Crippen LogP contribution in [-0.4, -0.2) is 0 Å². The lowest BCUT2D eigenvalue weighted by Crippen LogP contribution is -2.32. The largest absolute Gasteiger partial charge is 0.457 e. The van der Waals surface area contributed by atoms with E-state index in [0.29, 0.717) is 0 Å². The number of furan rings is 1. The number of nitrogens with zero attached hydrogens (tertiary/aromatic N) is 1. The lowest BCUT2D eigenvalue weighted by atomic mass is 9.66. The predicted octanol–water partition coefficient (Wildman–Crippen LogP) is 17.6. The highest BCUT2D eigenvalue weighted by Crippen LogP contribution is 2.63. The minimum Gasteiger partial charge on any atom is -0.457 e. The molecule has 0 saturated carbocycles. The van der Waals surface area contributed by atoms with Gasteiger partial charge in [-0.25, -0.2) is 0 Å². The Bertz CT molecular complexity index is 4020. The van der Waals surface area contributed by atoms with Crippen LogP contribution < -0.4 is 9.64 Å². The maximum atomic E-state index is 7.18. The molecule has 0 unspecified atom stereocenters. The first kappa shape index (κ1) is 39.8. The second-order valence-corrected chi connectivity index (χ2v) is 19.0. The zero-order valence-electron chi connectivity index (χ0n) is 38.6. The van der Waals surface area contributed by atoms with Crippen molar-refractivity contribution < 1.29 is 9.15 Å². The maximum absolute atomic E-state index is 7.18. The summed E-state index contributed by atoms with van der Waals surface area (Å²) in [5, 5.41) is 2.10. The van der Waals surface area contributed by atoms with E-state index in [0.717, 1.165) is 72.8 Å². The summed E-state index contributed by atoms with van der Waals surface area (Å²) in [6.07, 6.45) is 0. The molecule has 12 aromatic rings. The summed E-state index contributed by atoms with van der Waals surface area (Å²) < 4.78 is 13.9. The van der Waals surface area contributed by atoms with Crippen molar-refractivity contribution in [1.82, 2.24) is 0 Å². The van der Waals surface area contributed by atoms with Gasteiger partial charge in [0.2, 0.25) is 0 Å². The first-order valence-corrected chi connectivity index (χ1v) is 24.5. The van der Waals surface area contributed by atoms with E-state index >= 15 is 0 Å². The van der Waals surface area contributed by atoms with E-state index in [4.69, 9.17) is 9.15 Å². The molecular formula is C68H43NO2. The molecule has 1 aromatic heterocycles. The predicted molar refractivity (Wildman–Crippen MR) is 289 cm³/mol. The molecule has 0 radical (unpaired) electrons. The van der Waals surface area contributed by atoms with Gasteiger partial charge in [-0.3, -0.25) is 0 Å². The van der Waals surface area contributed by atoms with Crippen LogP contribution in [0.3, 0.4) is 0 Å². The number of para-hydroxylation sites is 1. The van der Waals surface area contributed by atoms with Crippen LogP contribution in [0.25, 0.3) is 55.3 Å². The molecule has 11 aromatic carbocycles. The quantitative estimate of drug-likeness (QED) is 0.166. The van der Waals surface area contributed by atoms with E-state index in [9.17, 15) is 0 Å². The fraction of sp³-hybridized carbons (Fsp3) is 0.0294. The Morgan fingerprint density at radius 1 is 0.310 bits per heavy atom. The fourth-order valence-electron chi connectivity index (χ4n) is 12.8. The summed E-state index contributed by atoms with van der Waals surface area (Å²) in [4.78, 5) is 2.43. The molecular weight excluding hydrogens is 863 g/mol. The molecule has 0 amide bonds. The third-order valence-corrected chi connectivity index (χ3v) is 15.6. The number of hydrogen-bond acceptors (Lipinski definition) is 3. The number of anilines is 3. The number of ether oxygens (including phenoxy) is 1. The number of fused-ring (bicyclic) bond motifs is 15. The zero-order valence-corrected chi connectivity index (χ0v) is 38.6. The van der Waals surface area contributed by atoms with Gasteiger partial charge in [0, 0.05) is 34.0 Å². The Hall–Kier alpha value is -9.18. The highest BCUT2D eigenvalue weighted by Gasteiger charge is 2.51. The van der Waals surface area contributed by atoms with E-state index < -0.39 is 10.8 Å². The van der Waals surface area contributed by atoms with Gasteiger partial charge in [-0.05, 0) is 115 Å². The molecule has 3 heteroatoms. The molecule has 1 spiro atoms. The molecule has 0 atom stereocenters. The topological polar surface area (TPSA) is 25.6 Å². The van der Waals surface area contributed by atoms with Crippen LogP contribution in [-0.2, 0) is 10.8 Å². The Kier molecular flexibility index (Phi) is 8.49. The molecule has 3 nitrogen and oxygen atoms in total. The molecule has 1 aliphatic heterocycles. The second-order valence-electron chi connectivity index (χ2n) is 19.0. The summed E-state index contributed by atoms with van der Waals surface area (Å²) in [5.74, 6) is 1.68. The van der Waals surface area contributed by atoms with Gasteiger partial charge in [0.25, 0.3) is 0 Å². The molecule has 71 heavy (non-hydrogen) atoms. The van der Waals surface area contributed by atoms with Crippen molar-refractivity contribution in [3.05, 3.63) is 305 Å². The summed E-state index contributed by atoms with van der Waals surface area (Å²) in [5.41, 5.74) is 20.6. The summed E-state index contributed by atoms with van der Waals surface area (Å²) in [7, 11) is 0. The standard InChI is InChI=1S/C68H43NO2/c1-3-19-44(20-4-1)45-37-40-62-54(41-45)66-61(34-18-36-64(66)70-62)69(48-24-17-23-47(42-48)67(46-21-5-2-6-22-46)55-29-11-7-25-50(55)51-26-8-12-30-56(51)67)49-38-39-60-65(43-49)71-63-35-16-15-33-59(63)68(60)57-31-13-9-27-52(57)53-28-10-14-32-58(53)68/h1-43H. The molecule has 3 aliphatic rings. The minimum absolute atomic E-state index is 0.583. The van der Waals surface area contributed by atoms with Crippen LogP contribution in [0.4, 0.5) is 17.1 Å². The summed E-state index contributed by atoms with van der Waals surface area (Å²) >= 11 is 0. The van der Waals surface area contributed by atoms with Gasteiger partial charge >= 0.3 is 0 Å². The van der Waals surface area contributed by atoms with Gasteiger partial charge in [-0.2, -0.15) is 0 Å². The third-order valence-electron chi connectivity index (χ3n) is 15.6. The van der Waals surface area contributed by atoms with Crippen molar-refractivity contribution in [1.29, 1.82) is 0 Å². The molecule has 15 rings (SSSR count). The SMILES string of the molecule is c1ccc(-c2ccc3oc4cccc(N(c5cccc(C6(c7ccccc7)c7ccccc7-c7ccccc76)c5)c5ccc6c(c5)Oc5ccccc5C65c6ccccc6-c6ccccc65)c4c3c2)cc1. The molecule has 2 aliphatic carbocycles. The normalized spacial score (nSPS) is 14.0. The Morgan fingerprint density at radius 3 is 1.52 bits per heavy atom. The van der Waals surface area contributed by atoms with Crippen molar-refractivity contribution >= 4 is 39.0 Å². The fourth-order valence-corrected chi connectivity index (χ4v) is 12.8. The molecule has 0 bridgehead atoms. The lowest BCUT2D eigenvalue weighted by molar-refractivity contribution is 0.436. The summed E-state index contributed by atoms with van der Waals surface area (Å²) in [6.45, 7) is 0. The van der Waals surface area contributed by atoms with Crippen LogP contribution in [0.5, 0.6) is 11.5 Å². The maximum Gasteiger partial charge on any atom is 0.137 e. The number of rotatable bonds is 6. The lowest BCUT2D eigenvalue weighted by Gasteiger charge is -2.40. The van der Waals surface area contributed by atoms with E-state index in [-0.39, 0.29) is 0 Å². The second kappa shape index (κ2) is 15.2. The average molecular weight is 906 g/mol. The highest BCUT2D eigenvalue weighted by atomic mass is 16.5. The van der Waals surface area contributed by atoms with Crippen molar-refractivity contribution in [2.24, 2.45) is 0 Å². The van der Waals surface area contributed by atoms with Crippen molar-refractivity contribution in [2.75, 3.05) is 4.90 Å². The van der Waals surface area contributed by atoms with Crippen LogP contribution in [0, 0.1) is 0 Å². The van der Waals surface area contributed by atoms with Gasteiger partial charge in [-0.15, -0.1) is 0 Å².